The van der Waals surface area contributed by atoms with Gasteiger partial charge in [-0.1, -0.05) is 0 Å². The van der Waals surface area contributed by atoms with E-state index in [1.165, 1.54) is 7.16 Å². The van der Waals surface area contributed by atoms with Crippen LogP contribution in [0.5, 0.6) is 0 Å². The van der Waals surface area contributed by atoms with Crippen LogP contribution in [0, 0.1) is 0 Å². The van der Waals surface area contributed by atoms with Crippen molar-refractivity contribution >= 4 is 5.91 Å². The molecule has 0 aromatic carbocycles. The maximum absolute atomic E-state index is 11.3. The Morgan fingerprint density at radius 3 is 3.17 bits per heavy atom. The van der Waals surface area contributed by atoms with Gasteiger partial charge in [0.05, 0.1) is 0 Å². The molecule has 0 bridgehead atoms. The normalized spacial score (nSPS) is 22.4. The molecule has 2 rings (SSSR count). The summed E-state index contributed by atoms with van der Waals surface area (Å²) >= 11 is -0.0434. The Bertz CT molecular complexity index is 325. The van der Waals surface area contributed by atoms with E-state index < -0.39 is 0 Å². The summed E-state index contributed by atoms with van der Waals surface area (Å²) in [6, 6.07) is 0. The van der Waals surface area contributed by atoms with Gasteiger partial charge in [-0.15, -0.1) is 0 Å². The summed E-state index contributed by atoms with van der Waals surface area (Å²) in [5.74, 6) is 0.0935. The van der Waals surface area contributed by atoms with Gasteiger partial charge in [-0.3, -0.25) is 0 Å². The number of nitrogens with one attached hydrogen (secondary N) is 1. The summed E-state index contributed by atoms with van der Waals surface area (Å²) in [5.41, 5.74) is 0.889. The van der Waals surface area contributed by atoms with Crippen LogP contribution in [-0.2, 0) is 4.79 Å². The van der Waals surface area contributed by atoms with Crippen LogP contribution in [0.15, 0.2) is 31.0 Å². The molecule has 0 saturated heterocycles. The van der Waals surface area contributed by atoms with E-state index in [4.69, 9.17) is 0 Å². The molecular formula is C9H9INO-. The van der Waals surface area contributed by atoms with E-state index in [0.29, 0.717) is 6.54 Å². The zero-order chi connectivity index (χ0) is 8.55. The number of carbonyl (C=O) groups excluding carboxylic acids is 1. The number of allylic oxidation sites excluding steroid dienone is 3. The number of rotatable bonds is 0. The zero-order valence-corrected chi connectivity index (χ0v) is 8.88. The quantitative estimate of drug-likeness (QED) is 0.505. The number of halogens is 1. The standard InChI is InChI=1S/C9H9INO/c1-6-2-3-7-8(10-6)4-5-11-9(7)12/h2-4H,5H2,1H3,(H,11,12)/q-1. The number of fused-ring (bicyclic) bond motifs is 1. The van der Waals surface area contributed by atoms with E-state index in [-0.39, 0.29) is 27.1 Å². The second-order valence-electron chi connectivity index (χ2n) is 2.69. The number of carbonyl (C=O) groups is 1. The molecule has 0 radical (unpaired) electrons. The third-order valence-corrected chi connectivity index (χ3v) is 4.59. The van der Waals surface area contributed by atoms with Crippen LogP contribution < -0.4 is 26.5 Å². The molecule has 2 heterocycles. The van der Waals surface area contributed by atoms with E-state index >= 15 is 0 Å². The second-order valence-corrected chi connectivity index (χ2v) is 6.09. The van der Waals surface area contributed by atoms with Crippen LogP contribution in [0.4, 0.5) is 0 Å². The molecule has 0 aromatic heterocycles. The Kier molecular flexibility index (Phi) is 2.04. The molecule has 1 N–H and O–H groups in total. The molecule has 0 saturated carbocycles. The van der Waals surface area contributed by atoms with Crippen LogP contribution in [0.2, 0.25) is 0 Å². The van der Waals surface area contributed by atoms with Crippen LogP contribution >= 0.6 is 0 Å². The van der Waals surface area contributed by atoms with Crippen LogP contribution in [0.25, 0.3) is 0 Å². The van der Waals surface area contributed by atoms with Crippen molar-refractivity contribution in [1.29, 1.82) is 0 Å². The van der Waals surface area contributed by atoms with Gasteiger partial charge < -0.3 is 0 Å². The molecule has 64 valence electrons. The van der Waals surface area contributed by atoms with Crippen LogP contribution in [0.3, 0.4) is 0 Å². The molecule has 0 aromatic rings. The first kappa shape index (κ1) is 8.04. The Morgan fingerprint density at radius 1 is 1.50 bits per heavy atom. The minimum atomic E-state index is -0.0434. The molecule has 1 amide bonds. The zero-order valence-electron chi connectivity index (χ0n) is 6.73. The van der Waals surface area contributed by atoms with Crippen LogP contribution in [0.1, 0.15) is 6.92 Å². The van der Waals surface area contributed by atoms with Crippen molar-refractivity contribution in [3.8, 4) is 0 Å². The third-order valence-electron chi connectivity index (χ3n) is 1.78. The van der Waals surface area contributed by atoms with Crippen LogP contribution in [-0.4, -0.2) is 12.5 Å². The van der Waals surface area contributed by atoms with E-state index in [1.807, 2.05) is 6.08 Å². The van der Waals surface area contributed by atoms with Gasteiger partial charge in [-0.2, -0.15) is 0 Å². The molecule has 0 spiro atoms. The Morgan fingerprint density at radius 2 is 2.33 bits per heavy atom. The maximum atomic E-state index is 11.3. The number of amides is 1. The molecule has 12 heavy (non-hydrogen) atoms. The van der Waals surface area contributed by atoms with Crippen molar-refractivity contribution in [1.82, 2.24) is 5.32 Å². The van der Waals surface area contributed by atoms with Crippen molar-refractivity contribution < 1.29 is 26.0 Å². The van der Waals surface area contributed by atoms with Crippen molar-refractivity contribution in [2.45, 2.75) is 6.92 Å². The molecule has 2 aliphatic heterocycles. The van der Waals surface area contributed by atoms with E-state index in [9.17, 15) is 4.79 Å². The summed E-state index contributed by atoms with van der Waals surface area (Å²) in [5, 5.41) is 2.80. The molecule has 2 nitrogen and oxygen atoms in total. The Labute approximate surface area is 81.7 Å². The van der Waals surface area contributed by atoms with Gasteiger partial charge >= 0.3 is 81.7 Å². The summed E-state index contributed by atoms with van der Waals surface area (Å²) in [7, 11) is 0. The third kappa shape index (κ3) is 1.33. The van der Waals surface area contributed by atoms with Crippen molar-refractivity contribution in [3.05, 3.63) is 31.0 Å². The SMILES string of the molecule is CC1=CC=C2C(=O)NCC=C2[I-]1. The van der Waals surface area contributed by atoms with Gasteiger partial charge in [0.1, 0.15) is 0 Å². The second kappa shape index (κ2) is 3.05. The van der Waals surface area contributed by atoms with Crippen molar-refractivity contribution in [3.63, 3.8) is 0 Å². The fourth-order valence-electron chi connectivity index (χ4n) is 1.18. The fraction of sp³-hybridized carbons (Fsp3) is 0.222. The van der Waals surface area contributed by atoms with E-state index in [0.717, 1.165) is 5.57 Å². The summed E-state index contributed by atoms with van der Waals surface area (Å²) in [4.78, 5) is 11.3. The Balaban J connectivity index is 2.42. The number of hydrogen-bond acceptors (Lipinski definition) is 1. The van der Waals surface area contributed by atoms with Gasteiger partial charge in [-0.25, -0.2) is 0 Å². The molecule has 0 atom stereocenters. The molecule has 0 fully saturated rings. The topological polar surface area (TPSA) is 29.1 Å². The average molecular weight is 274 g/mol. The summed E-state index contributed by atoms with van der Waals surface area (Å²) < 4.78 is 2.72. The van der Waals surface area contributed by atoms with Gasteiger partial charge in [0.25, 0.3) is 0 Å². The van der Waals surface area contributed by atoms with Gasteiger partial charge in [0, 0.05) is 0 Å². The predicted octanol–water partition coefficient (Wildman–Crippen LogP) is -2.07. The summed E-state index contributed by atoms with van der Waals surface area (Å²) in [6.07, 6.45) is 6.13. The molecule has 2 aliphatic rings. The van der Waals surface area contributed by atoms with E-state index in [2.05, 4.69) is 24.4 Å². The molecule has 0 unspecified atom stereocenters. The fourth-order valence-corrected chi connectivity index (χ4v) is 3.61. The van der Waals surface area contributed by atoms with Gasteiger partial charge in [0.15, 0.2) is 0 Å². The van der Waals surface area contributed by atoms with E-state index in [1.54, 1.807) is 0 Å². The molecular weight excluding hydrogens is 265 g/mol. The molecule has 3 heteroatoms. The van der Waals surface area contributed by atoms with Crippen molar-refractivity contribution in [2.75, 3.05) is 6.54 Å². The first-order valence-corrected chi connectivity index (χ1v) is 5.95. The first-order valence-electron chi connectivity index (χ1n) is 3.79. The Hall–Kier alpha value is -0.580. The minimum absolute atomic E-state index is 0.0434. The monoisotopic (exact) mass is 274 g/mol. The predicted molar refractivity (Wildman–Crippen MR) is 42.9 cm³/mol. The van der Waals surface area contributed by atoms with Gasteiger partial charge in [-0.05, 0) is 0 Å². The average Bonchev–Trinajstić information content (AvgIpc) is 2.04. The number of hydrogen-bond donors (Lipinski definition) is 1. The summed E-state index contributed by atoms with van der Waals surface area (Å²) in [6.45, 7) is 2.84. The molecule has 0 aliphatic carbocycles. The van der Waals surface area contributed by atoms with Gasteiger partial charge in [0.2, 0.25) is 0 Å². The van der Waals surface area contributed by atoms with Crippen molar-refractivity contribution in [2.24, 2.45) is 0 Å². The first-order chi connectivity index (χ1) is 5.77.